The van der Waals surface area contributed by atoms with Crippen molar-refractivity contribution in [2.75, 3.05) is 13.6 Å². The molecule has 6 nitrogen and oxygen atoms in total. The second-order valence-corrected chi connectivity index (χ2v) is 3.31. The Morgan fingerprint density at radius 3 is 2.86 bits per heavy atom. The van der Waals surface area contributed by atoms with Crippen molar-refractivity contribution in [2.45, 2.75) is 18.9 Å². The van der Waals surface area contributed by atoms with E-state index in [0.29, 0.717) is 18.5 Å². The molecule has 0 aromatic heterocycles. The highest BCUT2D eigenvalue weighted by Gasteiger charge is 2.46. The monoisotopic (exact) mass is 199 g/mol. The molecule has 1 heterocycles. The Hall–Kier alpha value is -1.43. The lowest BCUT2D eigenvalue weighted by molar-refractivity contribution is -0.155. The summed E-state index contributed by atoms with van der Waals surface area (Å²) in [6.07, 6.45) is 0.761. The molecule has 0 spiro atoms. The van der Waals surface area contributed by atoms with Crippen LogP contribution in [0.3, 0.4) is 0 Å². The Morgan fingerprint density at radius 1 is 1.86 bits per heavy atom. The van der Waals surface area contributed by atoms with Crippen LogP contribution in [0.4, 0.5) is 0 Å². The first-order valence-electron chi connectivity index (χ1n) is 4.20. The molecule has 0 saturated carbocycles. The molecule has 0 radical (unpaired) electrons. The van der Waals surface area contributed by atoms with Crippen molar-refractivity contribution in [3.05, 3.63) is 0 Å². The topological polar surface area (TPSA) is 85.0 Å². The van der Waals surface area contributed by atoms with E-state index in [1.54, 1.807) is 6.92 Å². The molecule has 0 aliphatic carbocycles. The van der Waals surface area contributed by atoms with E-state index in [-0.39, 0.29) is 6.54 Å². The minimum Gasteiger partial charge on any atom is -0.377 e. The zero-order valence-corrected chi connectivity index (χ0v) is 8.19. The normalized spacial score (nSPS) is 25.2. The molecule has 78 valence electrons. The molecule has 0 bridgehead atoms. The maximum atomic E-state index is 11.7. The van der Waals surface area contributed by atoms with Crippen molar-refractivity contribution in [1.82, 2.24) is 4.90 Å². The third kappa shape index (κ3) is 1.60. The van der Waals surface area contributed by atoms with Gasteiger partial charge in [0.2, 0.25) is 12.0 Å². The van der Waals surface area contributed by atoms with Gasteiger partial charge in [-0.05, 0) is 6.92 Å². The first-order valence-corrected chi connectivity index (χ1v) is 4.20. The molecule has 2 N–H and O–H groups in total. The lowest BCUT2D eigenvalue weighted by atomic mass is 9.96. The standard InChI is InChI=1S/C8H13N3O3/c1-6-3-8(4-9,14-10-6)7(13)11(2)5-12/h5H,3-4,9H2,1-2H3. The third-order valence-electron chi connectivity index (χ3n) is 2.12. The maximum Gasteiger partial charge on any atom is 0.277 e. The summed E-state index contributed by atoms with van der Waals surface area (Å²) in [4.78, 5) is 28.0. The molecule has 1 aliphatic heterocycles. The van der Waals surface area contributed by atoms with E-state index in [9.17, 15) is 9.59 Å². The van der Waals surface area contributed by atoms with Gasteiger partial charge in [0.15, 0.2) is 0 Å². The Labute approximate surface area is 81.7 Å². The van der Waals surface area contributed by atoms with Crippen LogP contribution in [0.1, 0.15) is 13.3 Å². The summed E-state index contributed by atoms with van der Waals surface area (Å²) in [6, 6.07) is 0. The molecule has 0 saturated heterocycles. The van der Waals surface area contributed by atoms with Gasteiger partial charge >= 0.3 is 0 Å². The van der Waals surface area contributed by atoms with Crippen LogP contribution >= 0.6 is 0 Å². The van der Waals surface area contributed by atoms with Crippen LogP contribution in [0.15, 0.2) is 5.16 Å². The first-order chi connectivity index (χ1) is 6.55. The quantitative estimate of drug-likeness (QED) is 0.596. The highest BCUT2D eigenvalue weighted by molar-refractivity contribution is 5.98. The molecule has 1 unspecified atom stereocenters. The number of amides is 2. The van der Waals surface area contributed by atoms with E-state index in [1.807, 2.05) is 0 Å². The van der Waals surface area contributed by atoms with E-state index in [0.717, 1.165) is 4.90 Å². The Bertz CT molecular complexity index is 290. The first kappa shape index (κ1) is 10.6. The second-order valence-electron chi connectivity index (χ2n) is 3.31. The lowest BCUT2D eigenvalue weighted by Gasteiger charge is -2.25. The maximum absolute atomic E-state index is 11.7. The highest BCUT2D eigenvalue weighted by Crippen LogP contribution is 2.24. The molecular weight excluding hydrogens is 186 g/mol. The molecule has 0 aromatic rings. The van der Waals surface area contributed by atoms with Crippen molar-refractivity contribution in [3.63, 3.8) is 0 Å². The number of nitrogens with two attached hydrogens (primary N) is 1. The van der Waals surface area contributed by atoms with Crippen LogP contribution in [0.5, 0.6) is 0 Å². The number of likely N-dealkylation sites (N-methyl/N-ethyl adjacent to an activating group) is 1. The van der Waals surface area contributed by atoms with Crippen LogP contribution in [0, 0.1) is 0 Å². The average Bonchev–Trinajstić information content (AvgIpc) is 2.59. The van der Waals surface area contributed by atoms with Gasteiger partial charge in [-0.25, -0.2) is 0 Å². The van der Waals surface area contributed by atoms with Gasteiger partial charge in [0.1, 0.15) is 0 Å². The summed E-state index contributed by atoms with van der Waals surface area (Å²) in [5, 5.41) is 3.67. The van der Waals surface area contributed by atoms with Crippen molar-refractivity contribution >= 4 is 18.0 Å². The van der Waals surface area contributed by atoms with E-state index < -0.39 is 11.5 Å². The smallest absolute Gasteiger partial charge is 0.277 e. The number of rotatable bonds is 3. The van der Waals surface area contributed by atoms with Crippen LogP contribution in [0.25, 0.3) is 0 Å². The van der Waals surface area contributed by atoms with Gasteiger partial charge in [0, 0.05) is 20.0 Å². The summed E-state index contributed by atoms with van der Waals surface area (Å²) in [5.41, 5.74) is 4.98. The number of carbonyl (C=O) groups excluding carboxylic acids is 2. The number of hydrogen-bond acceptors (Lipinski definition) is 5. The van der Waals surface area contributed by atoms with Crippen LogP contribution in [-0.2, 0) is 14.4 Å². The summed E-state index contributed by atoms with van der Waals surface area (Å²) >= 11 is 0. The Kier molecular flexibility index (Phi) is 2.85. The summed E-state index contributed by atoms with van der Waals surface area (Å²) in [5.74, 6) is -0.462. The number of hydrogen-bond donors (Lipinski definition) is 1. The molecular formula is C8H13N3O3. The zero-order chi connectivity index (χ0) is 10.8. The zero-order valence-electron chi connectivity index (χ0n) is 8.19. The number of carbonyl (C=O) groups is 2. The van der Waals surface area contributed by atoms with E-state index >= 15 is 0 Å². The summed E-state index contributed by atoms with van der Waals surface area (Å²) < 4.78 is 0. The Morgan fingerprint density at radius 2 is 2.50 bits per heavy atom. The number of imide groups is 1. The van der Waals surface area contributed by atoms with Crippen LogP contribution < -0.4 is 5.73 Å². The summed E-state index contributed by atoms with van der Waals surface area (Å²) in [6.45, 7) is 1.75. The minimum absolute atomic E-state index is 0.00481. The molecule has 0 aromatic carbocycles. The molecule has 0 fully saturated rings. The number of oxime groups is 1. The van der Waals surface area contributed by atoms with Gasteiger partial charge in [-0.15, -0.1) is 0 Å². The molecule has 2 amide bonds. The average molecular weight is 199 g/mol. The third-order valence-corrected chi connectivity index (χ3v) is 2.12. The Balaban J connectivity index is 2.82. The van der Waals surface area contributed by atoms with E-state index in [2.05, 4.69) is 5.16 Å². The van der Waals surface area contributed by atoms with Gasteiger partial charge < -0.3 is 10.6 Å². The molecule has 14 heavy (non-hydrogen) atoms. The molecule has 1 atom stereocenters. The molecule has 6 heteroatoms. The molecule has 1 aliphatic rings. The lowest BCUT2D eigenvalue weighted by Crippen LogP contribution is -2.52. The van der Waals surface area contributed by atoms with Gasteiger partial charge in [-0.3, -0.25) is 14.5 Å². The fourth-order valence-corrected chi connectivity index (χ4v) is 1.32. The summed E-state index contributed by atoms with van der Waals surface area (Å²) in [7, 11) is 1.36. The van der Waals surface area contributed by atoms with Gasteiger partial charge in [0.05, 0.1) is 5.71 Å². The second kappa shape index (κ2) is 3.75. The van der Waals surface area contributed by atoms with Gasteiger partial charge in [-0.2, -0.15) is 0 Å². The van der Waals surface area contributed by atoms with Crippen LogP contribution in [-0.4, -0.2) is 42.1 Å². The van der Waals surface area contributed by atoms with Gasteiger partial charge in [-0.1, -0.05) is 5.16 Å². The predicted molar refractivity (Wildman–Crippen MR) is 49.4 cm³/mol. The van der Waals surface area contributed by atoms with Crippen molar-refractivity contribution in [1.29, 1.82) is 0 Å². The predicted octanol–water partition coefficient (Wildman–Crippen LogP) is -0.905. The fourth-order valence-electron chi connectivity index (χ4n) is 1.32. The minimum atomic E-state index is -1.18. The SMILES string of the molecule is CC1=NOC(CN)(C(=O)N(C)C=O)C1. The van der Waals surface area contributed by atoms with Gasteiger partial charge in [0.25, 0.3) is 5.91 Å². The largest absolute Gasteiger partial charge is 0.377 e. The van der Waals surface area contributed by atoms with Crippen LogP contribution in [0.2, 0.25) is 0 Å². The molecule has 1 rings (SSSR count). The van der Waals surface area contributed by atoms with E-state index in [4.69, 9.17) is 10.6 Å². The highest BCUT2D eigenvalue weighted by atomic mass is 16.7. The van der Waals surface area contributed by atoms with Crippen molar-refractivity contribution in [2.24, 2.45) is 10.9 Å². The number of nitrogens with zero attached hydrogens (tertiary/aromatic N) is 2. The van der Waals surface area contributed by atoms with Crippen molar-refractivity contribution < 1.29 is 14.4 Å². The fraction of sp³-hybridized carbons (Fsp3) is 0.625. The van der Waals surface area contributed by atoms with E-state index in [1.165, 1.54) is 7.05 Å². The van der Waals surface area contributed by atoms with Crippen molar-refractivity contribution in [3.8, 4) is 0 Å².